The van der Waals surface area contributed by atoms with E-state index in [4.69, 9.17) is 9.81 Å². The summed E-state index contributed by atoms with van der Waals surface area (Å²) < 4.78 is 30.8. The highest BCUT2D eigenvalue weighted by Gasteiger charge is 2.17. The highest BCUT2D eigenvalue weighted by molar-refractivity contribution is 7.86. The lowest BCUT2D eigenvalue weighted by Gasteiger charge is -2.06. The van der Waals surface area contributed by atoms with Crippen molar-refractivity contribution >= 4 is 15.8 Å². The molecule has 14 heavy (non-hydrogen) atoms. The summed E-state index contributed by atoms with van der Waals surface area (Å²) in [7, 11) is -4.30. The summed E-state index contributed by atoms with van der Waals surface area (Å²) in [5, 5.41) is 10.6. The molecule has 0 atom stereocenters. The average Bonchev–Trinajstić information content (AvgIpc) is 2.02. The molecule has 1 rings (SSSR count). The zero-order valence-corrected chi connectivity index (χ0v) is 8.17. The molecule has 0 amide bonds. The van der Waals surface area contributed by atoms with Crippen LogP contribution in [0.1, 0.15) is 5.56 Å². The molecular formula is C8H8N2O3S. The van der Waals surface area contributed by atoms with E-state index in [-0.39, 0.29) is 10.6 Å². The second kappa shape index (κ2) is 3.65. The molecule has 2 N–H and O–H groups in total. The van der Waals surface area contributed by atoms with E-state index in [2.05, 4.69) is 5.32 Å². The Morgan fingerprint density at radius 3 is 2.64 bits per heavy atom. The van der Waals surface area contributed by atoms with Gasteiger partial charge in [0, 0.05) is 0 Å². The van der Waals surface area contributed by atoms with E-state index in [1.165, 1.54) is 19.1 Å². The Labute approximate surface area is 81.7 Å². The van der Waals surface area contributed by atoms with Crippen LogP contribution in [-0.2, 0) is 10.1 Å². The maximum Gasteiger partial charge on any atom is 0.296 e. The van der Waals surface area contributed by atoms with Crippen molar-refractivity contribution in [3.05, 3.63) is 23.8 Å². The summed E-state index contributed by atoms with van der Waals surface area (Å²) in [6, 6.07) is 4.52. The molecule has 5 nitrogen and oxygen atoms in total. The van der Waals surface area contributed by atoms with E-state index < -0.39 is 10.1 Å². The van der Waals surface area contributed by atoms with E-state index in [1.807, 2.05) is 0 Å². The van der Waals surface area contributed by atoms with Gasteiger partial charge in [-0.1, -0.05) is 12.1 Å². The first-order valence-corrected chi connectivity index (χ1v) is 5.13. The Bertz CT molecular complexity index is 488. The number of anilines is 1. The summed E-state index contributed by atoms with van der Waals surface area (Å²) in [5.74, 6) is 0. The molecule has 0 aliphatic rings. The highest BCUT2D eigenvalue weighted by Crippen LogP contribution is 2.24. The van der Waals surface area contributed by atoms with Crippen molar-refractivity contribution in [2.24, 2.45) is 0 Å². The van der Waals surface area contributed by atoms with Gasteiger partial charge in [-0.2, -0.15) is 13.7 Å². The number of aryl methyl sites for hydroxylation is 1. The summed E-state index contributed by atoms with van der Waals surface area (Å²) in [5.41, 5.74) is 0.461. The van der Waals surface area contributed by atoms with Crippen molar-refractivity contribution < 1.29 is 13.0 Å². The number of benzene rings is 1. The quantitative estimate of drug-likeness (QED) is 0.435. The Morgan fingerprint density at radius 2 is 2.14 bits per heavy atom. The van der Waals surface area contributed by atoms with Gasteiger partial charge in [0.25, 0.3) is 10.1 Å². The Morgan fingerprint density at radius 1 is 1.50 bits per heavy atom. The Kier molecular flexibility index (Phi) is 2.74. The highest BCUT2D eigenvalue weighted by atomic mass is 32.2. The van der Waals surface area contributed by atoms with Crippen LogP contribution in [0.15, 0.2) is 23.1 Å². The lowest BCUT2D eigenvalue weighted by molar-refractivity contribution is 0.483. The molecule has 0 aliphatic carbocycles. The van der Waals surface area contributed by atoms with Crippen LogP contribution in [0.4, 0.5) is 5.69 Å². The second-order valence-corrected chi connectivity index (χ2v) is 4.02. The van der Waals surface area contributed by atoms with E-state index in [1.54, 1.807) is 12.3 Å². The predicted octanol–water partition coefficient (Wildman–Crippen LogP) is 1.13. The molecule has 0 saturated heterocycles. The van der Waals surface area contributed by atoms with E-state index in [0.29, 0.717) is 5.56 Å². The maximum atomic E-state index is 11.0. The third-order valence-electron chi connectivity index (χ3n) is 1.66. The van der Waals surface area contributed by atoms with Gasteiger partial charge in [0.05, 0.1) is 5.69 Å². The molecule has 0 heterocycles. The Hall–Kier alpha value is -1.58. The SMILES string of the molecule is Cc1cccc(NC#N)c1S(=O)(=O)O. The monoisotopic (exact) mass is 212 g/mol. The molecule has 0 saturated carbocycles. The van der Waals surface area contributed by atoms with Gasteiger partial charge in [-0.15, -0.1) is 0 Å². The van der Waals surface area contributed by atoms with Crippen LogP contribution < -0.4 is 5.32 Å². The van der Waals surface area contributed by atoms with Gasteiger partial charge in [0.1, 0.15) is 4.90 Å². The molecule has 74 valence electrons. The lowest BCUT2D eigenvalue weighted by atomic mass is 10.2. The number of nitrogens with one attached hydrogen (secondary N) is 1. The van der Waals surface area contributed by atoms with Gasteiger partial charge in [-0.3, -0.25) is 9.87 Å². The van der Waals surface area contributed by atoms with Crippen LogP contribution >= 0.6 is 0 Å². The molecule has 1 aromatic rings. The summed E-state index contributed by atoms with van der Waals surface area (Å²) >= 11 is 0. The van der Waals surface area contributed by atoms with Crippen LogP contribution in [0.2, 0.25) is 0 Å². The number of rotatable bonds is 2. The van der Waals surface area contributed by atoms with Gasteiger partial charge >= 0.3 is 0 Å². The number of hydrogen-bond acceptors (Lipinski definition) is 4. The largest absolute Gasteiger partial charge is 0.296 e. The molecule has 0 aromatic heterocycles. The summed E-state index contributed by atoms with van der Waals surface area (Å²) in [6.07, 6.45) is 1.60. The van der Waals surface area contributed by atoms with Crippen LogP contribution in [0, 0.1) is 18.4 Å². The molecular weight excluding hydrogens is 204 g/mol. The smallest absolute Gasteiger partial charge is 0.291 e. The molecule has 0 spiro atoms. The van der Waals surface area contributed by atoms with Crippen molar-refractivity contribution in [3.8, 4) is 6.19 Å². The zero-order valence-electron chi connectivity index (χ0n) is 7.35. The fourth-order valence-electron chi connectivity index (χ4n) is 1.15. The van der Waals surface area contributed by atoms with Gasteiger partial charge in [-0.25, -0.2) is 0 Å². The lowest BCUT2D eigenvalue weighted by Crippen LogP contribution is -2.05. The van der Waals surface area contributed by atoms with Gasteiger partial charge in [-0.05, 0) is 18.6 Å². The van der Waals surface area contributed by atoms with Crippen molar-refractivity contribution in [2.75, 3.05) is 5.32 Å². The fourth-order valence-corrected chi connectivity index (χ4v) is 2.03. The zero-order chi connectivity index (χ0) is 10.8. The molecule has 0 bridgehead atoms. The number of hydrogen-bond donors (Lipinski definition) is 2. The van der Waals surface area contributed by atoms with E-state index in [0.717, 1.165) is 0 Å². The van der Waals surface area contributed by atoms with Crippen molar-refractivity contribution in [1.82, 2.24) is 0 Å². The third kappa shape index (κ3) is 2.02. The summed E-state index contributed by atoms with van der Waals surface area (Å²) in [4.78, 5) is -0.262. The fraction of sp³-hybridized carbons (Fsp3) is 0.125. The van der Waals surface area contributed by atoms with Crippen LogP contribution in [0.5, 0.6) is 0 Å². The van der Waals surface area contributed by atoms with Crippen LogP contribution in [-0.4, -0.2) is 13.0 Å². The predicted molar refractivity (Wildman–Crippen MR) is 50.2 cm³/mol. The summed E-state index contributed by atoms with van der Waals surface area (Å²) in [6.45, 7) is 1.53. The molecule has 6 heteroatoms. The van der Waals surface area contributed by atoms with E-state index in [9.17, 15) is 8.42 Å². The minimum Gasteiger partial charge on any atom is -0.291 e. The van der Waals surface area contributed by atoms with Crippen molar-refractivity contribution in [1.29, 1.82) is 5.26 Å². The van der Waals surface area contributed by atoms with Gasteiger partial charge < -0.3 is 0 Å². The van der Waals surface area contributed by atoms with Gasteiger partial charge in [0.2, 0.25) is 0 Å². The normalized spacial score (nSPS) is 10.6. The first-order valence-electron chi connectivity index (χ1n) is 3.69. The molecule has 0 unspecified atom stereocenters. The van der Waals surface area contributed by atoms with Crippen LogP contribution in [0.3, 0.4) is 0 Å². The average molecular weight is 212 g/mol. The third-order valence-corrected chi connectivity index (χ3v) is 2.72. The molecule has 0 aliphatic heterocycles. The molecule has 1 aromatic carbocycles. The van der Waals surface area contributed by atoms with Crippen LogP contribution in [0.25, 0.3) is 0 Å². The van der Waals surface area contributed by atoms with Crippen molar-refractivity contribution in [2.45, 2.75) is 11.8 Å². The first-order chi connectivity index (χ1) is 6.46. The van der Waals surface area contributed by atoms with E-state index >= 15 is 0 Å². The standard InChI is InChI=1S/C8H8N2O3S/c1-6-3-2-4-7(10-5-9)8(6)14(11,12)13/h2-4,10H,1H3,(H,11,12,13). The minimum atomic E-state index is -4.30. The molecule has 0 fully saturated rings. The number of nitrogens with zero attached hydrogens (tertiary/aromatic N) is 1. The molecule has 0 radical (unpaired) electrons. The first kappa shape index (κ1) is 10.5. The number of nitriles is 1. The Balaban J connectivity index is 3.47. The minimum absolute atomic E-state index is 0.0787. The topological polar surface area (TPSA) is 90.2 Å². The van der Waals surface area contributed by atoms with Crippen molar-refractivity contribution in [3.63, 3.8) is 0 Å². The maximum absolute atomic E-state index is 11.0. The second-order valence-electron chi connectivity index (χ2n) is 2.66. The van der Waals surface area contributed by atoms with Gasteiger partial charge in [0.15, 0.2) is 6.19 Å².